The van der Waals surface area contributed by atoms with Gasteiger partial charge in [-0.1, -0.05) is 17.7 Å². The highest BCUT2D eigenvalue weighted by molar-refractivity contribution is 7.90. The van der Waals surface area contributed by atoms with E-state index in [1.807, 2.05) is 0 Å². The number of pyridine rings is 2. The Balaban J connectivity index is 1.57. The SMILES string of the molecule is Cc1cnc(-c2cccc(S(C)(=O)=O)c2F)c(F)c1-n1c(C)cc([C@H]2C[C@@H]2C2=CN(C(F)F)NN2)c(Cl)c1=O. The standard InChI is InChI=1S/C25H22ClF4N5O3S/c1-11-9-31-22(13-5-4-6-18(20(13)27)39(3,37)38)21(28)23(11)35-12(2)7-16(19(26)24(35)36)14-8-15(14)17-10-34(25(29)30)33-32-17/h4-7,9-10,14-15,25,32-33H,8H2,1-3H3/t14-,15-/m0/s1. The lowest BCUT2D eigenvalue weighted by Gasteiger charge is -2.18. The number of hydrogen-bond donors (Lipinski definition) is 2. The first-order valence-electron chi connectivity index (χ1n) is 11.7. The van der Waals surface area contributed by atoms with Gasteiger partial charge in [0.25, 0.3) is 5.56 Å². The van der Waals surface area contributed by atoms with E-state index in [1.54, 1.807) is 13.0 Å². The molecule has 1 saturated carbocycles. The lowest BCUT2D eigenvalue weighted by atomic mass is 10.1. The summed E-state index contributed by atoms with van der Waals surface area (Å²) < 4.78 is 82.0. The summed E-state index contributed by atoms with van der Waals surface area (Å²) in [6.07, 6.45) is 3.90. The molecule has 1 aromatic carbocycles. The fourth-order valence-electron chi connectivity index (χ4n) is 4.81. The van der Waals surface area contributed by atoms with Crippen molar-refractivity contribution in [3.8, 4) is 16.9 Å². The van der Waals surface area contributed by atoms with Gasteiger partial charge in [0.15, 0.2) is 21.5 Å². The fourth-order valence-corrected chi connectivity index (χ4v) is 5.85. The van der Waals surface area contributed by atoms with E-state index in [2.05, 4.69) is 15.9 Å². The molecule has 39 heavy (non-hydrogen) atoms. The van der Waals surface area contributed by atoms with Gasteiger partial charge in [-0.25, -0.2) is 22.2 Å². The summed E-state index contributed by atoms with van der Waals surface area (Å²) in [5, 5.41) is 0.462. The first kappa shape index (κ1) is 27.2. The van der Waals surface area contributed by atoms with Crippen LogP contribution in [0, 0.1) is 31.4 Å². The van der Waals surface area contributed by atoms with Gasteiger partial charge in [0.2, 0.25) is 0 Å². The number of nitrogens with one attached hydrogen (secondary N) is 2. The molecule has 8 nitrogen and oxygen atoms in total. The molecule has 2 aliphatic rings. The molecule has 0 saturated heterocycles. The number of hydrogen-bond acceptors (Lipinski definition) is 7. The first-order valence-corrected chi connectivity index (χ1v) is 13.9. The van der Waals surface area contributed by atoms with Gasteiger partial charge in [0.1, 0.15) is 15.6 Å². The molecule has 0 unspecified atom stereocenters. The molecule has 206 valence electrons. The van der Waals surface area contributed by atoms with Crippen LogP contribution >= 0.6 is 11.6 Å². The van der Waals surface area contributed by atoms with E-state index in [0.29, 0.717) is 28.4 Å². The maximum absolute atomic E-state index is 16.0. The van der Waals surface area contributed by atoms with E-state index in [9.17, 15) is 22.0 Å². The summed E-state index contributed by atoms with van der Waals surface area (Å²) >= 11 is 6.48. The molecule has 3 aromatic rings. The Bertz CT molecular complexity index is 1710. The summed E-state index contributed by atoms with van der Waals surface area (Å²) in [4.78, 5) is 16.8. The van der Waals surface area contributed by atoms with Crippen LogP contribution in [0.15, 0.2) is 52.0 Å². The normalized spacial score (nSPS) is 18.9. The number of sulfone groups is 1. The molecular weight excluding hydrogens is 562 g/mol. The highest BCUT2D eigenvalue weighted by atomic mass is 35.5. The molecule has 3 heterocycles. The Hall–Kier alpha value is -3.42. The molecule has 1 aliphatic heterocycles. The van der Waals surface area contributed by atoms with Crippen LogP contribution in [-0.4, -0.2) is 35.8 Å². The highest BCUT2D eigenvalue weighted by Crippen LogP contribution is 2.53. The van der Waals surface area contributed by atoms with Crippen LogP contribution < -0.4 is 16.5 Å². The van der Waals surface area contributed by atoms with Crippen molar-refractivity contribution in [2.45, 2.75) is 37.6 Å². The maximum atomic E-state index is 16.0. The minimum absolute atomic E-state index is 0.159. The quantitative estimate of drug-likeness (QED) is 0.329. The van der Waals surface area contributed by atoms with Gasteiger partial charge >= 0.3 is 6.55 Å². The van der Waals surface area contributed by atoms with E-state index in [0.717, 1.165) is 16.9 Å². The van der Waals surface area contributed by atoms with E-state index in [4.69, 9.17) is 11.6 Å². The maximum Gasteiger partial charge on any atom is 0.329 e. The summed E-state index contributed by atoms with van der Waals surface area (Å²) in [7, 11) is -3.94. The Labute approximate surface area is 225 Å². The summed E-state index contributed by atoms with van der Waals surface area (Å²) in [6.45, 7) is 0.353. The molecule has 2 atom stereocenters. The predicted octanol–water partition coefficient (Wildman–Crippen LogP) is 4.34. The van der Waals surface area contributed by atoms with E-state index in [-0.39, 0.29) is 33.7 Å². The number of aromatic nitrogens is 2. The fraction of sp³-hybridized carbons (Fsp3) is 0.280. The van der Waals surface area contributed by atoms with Crippen molar-refractivity contribution in [3.63, 3.8) is 0 Å². The van der Waals surface area contributed by atoms with E-state index in [1.165, 1.54) is 31.5 Å². The van der Waals surface area contributed by atoms with Crippen molar-refractivity contribution in [3.05, 3.63) is 86.2 Å². The molecule has 2 aromatic heterocycles. The van der Waals surface area contributed by atoms with Gasteiger partial charge < -0.3 is 5.43 Å². The Morgan fingerprint density at radius 1 is 1.15 bits per heavy atom. The van der Waals surface area contributed by atoms with Crippen molar-refractivity contribution < 1.29 is 26.0 Å². The van der Waals surface area contributed by atoms with Crippen LogP contribution in [-0.2, 0) is 9.84 Å². The molecule has 2 N–H and O–H groups in total. The first-order chi connectivity index (χ1) is 18.3. The number of benzene rings is 1. The smallest absolute Gasteiger partial charge is 0.306 e. The molecule has 0 spiro atoms. The van der Waals surface area contributed by atoms with Crippen molar-refractivity contribution >= 4 is 21.4 Å². The van der Waals surface area contributed by atoms with Crippen LogP contribution in [0.3, 0.4) is 0 Å². The van der Waals surface area contributed by atoms with Gasteiger partial charge in [-0.2, -0.15) is 8.78 Å². The number of aryl methyl sites for hydroxylation is 2. The Morgan fingerprint density at radius 2 is 1.87 bits per heavy atom. The van der Waals surface area contributed by atoms with E-state index >= 15 is 8.78 Å². The van der Waals surface area contributed by atoms with Gasteiger partial charge in [0.05, 0.1) is 5.69 Å². The molecule has 1 fully saturated rings. The van der Waals surface area contributed by atoms with E-state index < -0.39 is 44.2 Å². The number of alkyl halides is 2. The molecule has 5 rings (SSSR count). The third-order valence-electron chi connectivity index (χ3n) is 6.79. The second-order valence-corrected chi connectivity index (χ2v) is 11.9. The summed E-state index contributed by atoms with van der Waals surface area (Å²) in [5.74, 6) is -2.59. The zero-order valence-corrected chi connectivity index (χ0v) is 22.3. The minimum atomic E-state index is -3.94. The largest absolute Gasteiger partial charge is 0.329 e. The van der Waals surface area contributed by atoms with Gasteiger partial charge in [-0.3, -0.25) is 14.3 Å². The van der Waals surface area contributed by atoms with Gasteiger partial charge in [-0.05, 0) is 55.5 Å². The molecular formula is C25H22ClF4N5O3S. The van der Waals surface area contributed by atoms with Crippen LogP contribution in [0.25, 0.3) is 16.9 Å². The third-order valence-corrected chi connectivity index (χ3v) is 8.28. The van der Waals surface area contributed by atoms with Gasteiger partial charge in [-0.15, -0.1) is 5.53 Å². The monoisotopic (exact) mass is 583 g/mol. The lowest BCUT2D eigenvalue weighted by molar-refractivity contribution is -0.0246. The molecule has 0 amide bonds. The second-order valence-electron chi connectivity index (χ2n) is 9.49. The van der Waals surface area contributed by atoms with Crippen molar-refractivity contribution in [1.82, 2.24) is 25.5 Å². The third kappa shape index (κ3) is 4.68. The summed E-state index contributed by atoms with van der Waals surface area (Å²) in [5.41, 5.74) is 4.88. The van der Waals surface area contributed by atoms with Crippen molar-refractivity contribution in [1.29, 1.82) is 0 Å². The molecule has 14 heteroatoms. The number of rotatable bonds is 6. The van der Waals surface area contributed by atoms with Crippen LogP contribution in [0.1, 0.15) is 29.2 Å². The topological polar surface area (TPSA) is 96.3 Å². The highest BCUT2D eigenvalue weighted by Gasteiger charge is 2.45. The zero-order chi connectivity index (χ0) is 28.4. The lowest BCUT2D eigenvalue weighted by Crippen LogP contribution is -2.39. The van der Waals surface area contributed by atoms with Crippen LogP contribution in [0.4, 0.5) is 17.6 Å². The predicted molar refractivity (Wildman–Crippen MR) is 136 cm³/mol. The average Bonchev–Trinajstić information content (AvgIpc) is 3.49. The molecule has 1 aliphatic carbocycles. The number of hydrazine groups is 2. The summed E-state index contributed by atoms with van der Waals surface area (Å²) in [6, 6.07) is 5.17. The van der Waals surface area contributed by atoms with Crippen molar-refractivity contribution in [2.24, 2.45) is 5.92 Å². The molecule has 0 radical (unpaired) electrons. The Kier molecular flexibility index (Phi) is 6.72. The zero-order valence-electron chi connectivity index (χ0n) is 20.8. The van der Waals surface area contributed by atoms with Crippen LogP contribution in [0.2, 0.25) is 5.02 Å². The van der Waals surface area contributed by atoms with Crippen LogP contribution in [0.5, 0.6) is 0 Å². The van der Waals surface area contributed by atoms with Gasteiger partial charge in [0, 0.05) is 41.5 Å². The minimum Gasteiger partial charge on any atom is -0.306 e. The Morgan fingerprint density at radius 3 is 2.51 bits per heavy atom. The second kappa shape index (κ2) is 9.65. The number of allylic oxidation sites excluding steroid dienone is 1. The van der Waals surface area contributed by atoms with Crippen molar-refractivity contribution in [2.75, 3.05) is 6.26 Å². The number of nitrogens with zero attached hydrogens (tertiary/aromatic N) is 3. The number of halogens is 5. The average molecular weight is 584 g/mol. The molecule has 0 bridgehead atoms.